The summed E-state index contributed by atoms with van der Waals surface area (Å²) in [6, 6.07) is 12.5. The second-order valence-electron chi connectivity index (χ2n) is 5.53. The number of thiophene rings is 1. The zero-order chi connectivity index (χ0) is 15.9. The van der Waals surface area contributed by atoms with Crippen molar-refractivity contribution in [3.8, 4) is 0 Å². The number of anilines is 1. The van der Waals surface area contributed by atoms with Crippen LogP contribution < -0.4 is 5.32 Å². The van der Waals surface area contributed by atoms with E-state index in [2.05, 4.69) is 35.0 Å². The maximum absolute atomic E-state index is 12.1. The second kappa shape index (κ2) is 8.81. The van der Waals surface area contributed by atoms with Crippen molar-refractivity contribution in [2.75, 3.05) is 16.8 Å². The zero-order valence-electron chi connectivity index (χ0n) is 13.0. The Morgan fingerprint density at radius 2 is 2.04 bits per heavy atom. The molecule has 1 aromatic carbocycles. The van der Waals surface area contributed by atoms with E-state index in [1.807, 2.05) is 35.7 Å². The third-order valence-electron chi connectivity index (χ3n) is 3.68. The normalized spacial score (nSPS) is 15.5. The van der Waals surface area contributed by atoms with Crippen LogP contribution in [0.25, 0.3) is 0 Å². The Balaban J connectivity index is 1.49. The number of nitrogens with one attached hydrogen (secondary N) is 1. The number of hydrogen-bond donors (Lipinski definition) is 1. The lowest BCUT2D eigenvalue weighted by atomic mass is 10.2. The summed E-state index contributed by atoms with van der Waals surface area (Å²) >= 11 is 5.78. The lowest BCUT2D eigenvalue weighted by Gasteiger charge is -2.21. The fraction of sp³-hybridized carbons (Fsp3) is 0.389. The van der Waals surface area contributed by atoms with Gasteiger partial charge in [0.2, 0.25) is 5.91 Å². The molecular weight excluding hydrogens is 342 g/mol. The van der Waals surface area contributed by atoms with E-state index in [0.29, 0.717) is 11.0 Å². The molecule has 122 valence electrons. The predicted molar refractivity (Wildman–Crippen MR) is 105 cm³/mol. The Hall–Kier alpha value is -0.910. The standard InChI is InChI=1S/C18H21NOS3/c20-17(9-2-7-16-8-3-10-21-16)19-15-6-1-5-14(13-15)18-22-11-4-12-23-18/h1,3,5-6,8,10,13,18H,2,4,7,9,11-12H2,(H,19,20). The summed E-state index contributed by atoms with van der Waals surface area (Å²) < 4.78 is 0.513. The molecule has 1 fully saturated rings. The van der Waals surface area contributed by atoms with Gasteiger partial charge in [-0.1, -0.05) is 18.2 Å². The van der Waals surface area contributed by atoms with Gasteiger partial charge in [-0.2, -0.15) is 0 Å². The first kappa shape index (κ1) is 16.9. The molecule has 1 aromatic heterocycles. The van der Waals surface area contributed by atoms with Gasteiger partial charge >= 0.3 is 0 Å². The lowest BCUT2D eigenvalue weighted by Crippen LogP contribution is -2.11. The van der Waals surface area contributed by atoms with E-state index in [1.165, 1.54) is 28.4 Å². The van der Waals surface area contributed by atoms with Gasteiger partial charge in [0.1, 0.15) is 0 Å². The molecule has 5 heteroatoms. The van der Waals surface area contributed by atoms with E-state index in [1.54, 1.807) is 11.3 Å². The van der Waals surface area contributed by atoms with Crippen LogP contribution in [-0.4, -0.2) is 17.4 Å². The van der Waals surface area contributed by atoms with Crippen molar-refractivity contribution < 1.29 is 4.79 Å². The van der Waals surface area contributed by atoms with Crippen LogP contribution in [0.3, 0.4) is 0 Å². The van der Waals surface area contributed by atoms with Gasteiger partial charge in [-0.3, -0.25) is 4.79 Å². The summed E-state index contributed by atoms with van der Waals surface area (Å²) in [6.45, 7) is 0. The summed E-state index contributed by atoms with van der Waals surface area (Å²) in [4.78, 5) is 13.5. The van der Waals surface area contributed by atoms with Gasteiger partial charge < -0.3 is 5.32 Å². The molecule has 1 aliphatic rings. The number of benzene rings is 1. The van der Waals surface area contributed by atoms with Crippen molar-refractivity contribution in [2.24, 2.45) is 0 Å². The van der Waals surface area contributed by atoms with Crippen LogP contribution in [0.15, 0.2) is 41.8 Å². The van der Waals surface area contributed by atoms with Crippen LogP contribution in [0.2, 0.25) is 0 Å². The van der Waals surface area contributed by atoms with Crippen molar-refractivity contribution in [3.05, 3.63) is 52.2 Å². The minimum Gasteiger partial charge on any atom is -0.326 e. The highest BCUT2D eigenvalue weighted by Gasteiger charge is 2.16. The van der Waals surface area contributed by atoms with E-state index in [-0.39, 0.29) is 5.91 Å². The third-order valence-corrected chi connectivity index (χ3v) is 7.63. The van der Waals surface area contributed by atoms with Crippen LogP contribution >= 0.6 is 34.9 Å². The van der Waals surface area contributed by atoms with Crippen LogP contribution in [0.4, 0.5) is 5.69 Å². The third kappa shape index (κ3) is 5.30. The molecule has 0 saturated carbocycles. The van der Waals surface area contributed by atoms with Crippen molar-refractivity contribution >= 4 is 46.5 Å². The Labute approximate surface area is 150 Å². The highest BCUT2D eigenvalue weighted by atomic mass is 32.2. The minimum atomic E-state index is 0.114. The van der Waals surface area contributed by atoms with Crippen molar-refractivity contribution in [1.29, 1.82) is 0 Å². The monoisotopic (exact) mass is 363 g/mol. The van der Waals surface area contributed by atoms with Gasteiger partial charge in [0, 0.05) is 17.0 Å². The summed E-state index contributed by atoms with van der Waals surface area (Å²) in [5.41, 5.74) is 2.24. The molecule has 0 atom stereocenters. The van der Waals surface area contributed by atoms with Crippen molar-refractivity contribution in [3.63, 3.8) is 0 Å². The number of carbonyl (C=O) groups is 1. The molecule has 1 N–H and O–H groups in total. The first-order valence-electron chi connectivity index (χ1n) is 7.97. The highest BCUT2D eigenvalue weighted by Crippen LogP contribution is 2.44. The number of thioether (sulfide) groups is 2. The number of hydrogen-bond acceptors (Lipinski definition) is 4. The SMILES string of the molecule is O=C(CCCc1cccs1)Nc1cccc(C2SCCCS2)c1. The molecule has 0 aliphatic carbocycles. The topological polar surface area (TPSA) is 29.1 Å². The molecule has 2 nitrogen and oxygen atoms in total. The molecule has 1 saturated heterocycles. The Morgan fingerprint density at radius 1 is 1.17 bits per heavy atom. The van der Waals surface area contributed by atoms with Gasteiger partial charge in [-0.05, 0) is 59.9 Å². The van der Waals surface area contributed by atoms with Gasteiger partial charge in [0.05, 0.1) is 4.58 Å². The molecule has 0 spiro atoms. The van der Waals surface area contributed by atoms with E-state index >= 15 is 0 Å². The number of aryl methyl sites for hydroxylation is 1. The number of rotatable bonds is 6. The molecule has 2 aromatic rings. The van der Waals surface area contributed by atoms with Gasteiger partial charge in [0.15, 0.2) is 0 Å². The first-order chi connectivity index (χ1) is 11.3. The first-order valence-corrected chi connectivity index (χ1v) is 10.9. The Morgan fingerprint density at radius 3 is 2.83 bits per heavy atom. The molecule has 0 bridgehead atoms. The Bertz CT molecular complexity index is 621. The summed E-state index contributed by atoms with van der Waals surface area (Å²) in [7, 11) is 0. The van der Waals surface area contributed by atoms with E-state index in [4.69, 9.17) is 0 Å². The predicted octanol–water partition coefficient (Wildman–Crippen LogP) is 5.58. The molecule has 23 heavy (non-hydrogen) atoms. The van der Waals surface area contributed by atoms with E-state index in [9.17, 15) is 4.79 Å². The number of carbonyl (C=O) groups excluding carboxylic acids is 1. The van der Waals surface area contributed by atoms with Gasteiger partial charge in [-0.25, -0.2) is 0 Å². The van der Waals surface area contributed by atoms with Crippen molar-refractivity contribution in [2.45, 2.75) is 30.3 Å². The van der Waals surface area contributed by atoms with Crippen LogP contribution in [-0.2, 0) is 11.2 Å². The average molecular weight is 364 g/mol. The summed E-state index contributed by atoms with van der Waals surface area (Å²) in [6.07, 6.45) is 3.77. The second-order valence-corrected chi connectivity index (χ2v) is 9.29. The van der Waals surface area contributed by atoms with Crippen molar-refractivity contribution in [1.82, 2.24) is 0 Å². The van der Waals surface area contributed by atoms with Crippen LogP contribution in [0.1, 0.15) is 34.3 Å². The summed E-state index contributed by atoms with van der Waals surface area (Å²) in [5.74, 6) is 2.58. The molecular formula is C18H21NOS3. The molecule has 1 amide bonds. The molecule has 3 rings (SSSR count). The van der Waals surface area contributed by atoms with Crippen LogP contribution in [0.5, 0.6) is 0 Å². The maximum Gasteiger partial charge on any atom is 0.224 e. The minimum absolute atomic E-state index is 0.114. The lowest BCUT2D eigenvalue weighted by molar-refractivity contribution is -0.116. The molecule has 1 aliphatic heterocycles. The number of amides is 1. The van der Waals surface area contributed by atoms with Crippen LogP contribution in [0, 0.1) is 0 Å². The fourth-order valence-electron chi connectivity index (χ4n) is 2.54. The fourth-order valence-corrected chi connectivity index (χ4v) is 6.17. The Kier molecular flexibility index (Phi) is 6.48. The average Bonchev–Trinajstić information content (AvgIpc) is 3.09. The quantitative estimate of drug-likeness (QED) is 0.726. The largest absolute Gasteiger partial charge is 0.326 e. The van der Waals surface area contributed by atoms with E-state index in [0.717, 1.165) is 18.5 Å². The molecule has 0 radical (unpaired) electrons. The maximum atomic E-state index is 12.1. The molecule has 2 heterocycles. The van der Waals surface area contributed by atoms with Gasteiger partial charge in [-0.15, -0.1) is 34.9 Å². The highest BCUT2D eigenvalue weighted by molar-refractivity contribution is 8.16. The summed E-state index contributed by atoms with van der Waals surface area (Å²) in [5, 5.41) is 5.13. The smallest absolute Gasteiger partial charge is 0.224 e. The van der Waals surface area contributed by atoms with E-state index < -0.39 is 0 Å². The van der Waals surface area contributed by atoms with Gasteiger partial charge in [0.25, 0.3) is 0 Å². The zero-order valence-corrected chi connectivity index (χ0v) is 15.4. The molecule has 0 unspecified atom stereocenters.